The van der Waals surface area contributed by atoms with Crippen molar-refractivity contribution >= 4 is 5.57 Å². The Morgan fingerprint density at radius 3 is 1.95 bits per heavy atom. The van der Waals surface area contributed by atoms with Crippen molar-refractivity contribution in [2.45, 2.75) is 34.6 Å². The van der Waals surface area contributed by atoms with Crippen molar-refractivity contribution in [1.82, 2.24) is 0 Å². The van der Waals surface area contributed by atoms with Gasteiger partial charge in [-0.25, -0.2) is 0 Å². The van der Waals surface area contributed by atoms with Gasteiger partial charge in [-0.1, -0.05) is 48.9 Å². The first-order chi connectivity index (χ1) is 9.52. The third kappa shape index (κ3) is 1.75. The van der Waals surface area contributed by atoms with E-state index < -0.39 is 0 Å². The Labute approximate surface area is 122 Å². The molecule has 0 heterocycles. The molecule has 101 valence electrons. The molecule has 1 aliphatic carbocycles. The highest BCUT2D eigenvalue weighted by molar-refractivity contribution is 5.91. The predicted octanol–water partition coefficient (Wildman–Crippen LogP) is 5.72. The molecule has 1 aliphatic rings. The molecular weight excluding hydrogens is 240 g/mol. The maximum Gasteiger partial charge on any atom is 0.0274 e. The molecule has 0 N–H and O–H groups in total. The first-order valence-electron chi connectivity index (χ1n) is 7.24. The van der Waals surface area contributed by atoms with E-state index in [4.69, 9.17) is 0 Å². The predicted molar refractivity (Wildman–Crippen MR) is 87.6 cm³/mol. The fraction of sp³-hybridized carbons (Fsp3) is 0.250. The minimum Gasteiger partial charge on any atom is -0.0614 e. The van der Waals surface area contributed by atoms with Crippen LogP contribution in [0.4, 0.5) is 0 Å². The fourth-order valence-electron chi connectivity index (χ4n) is 3.21. The fourth-order valence-corrected chi connectivity index (χ4v) is 3.21. The molecule has 0 unspecified atom stereocenters. The van der Waals surface area contributed by atoms with Crippen LogP contribution in [0.15, 0.2) is 42.0 Å². The normalized spacial score (nSPS) is 14.8. The molecule has 0 saturated heterocycles. The second kappa shape index (κ2) is 4.63. The van der Waals surface area contributed by atoms with Crippen LogP contribution in [-0.4, -0.2) is 0 Å². The molecule has 2 aromatic carbocycles. The Hall–Kier alpha value is -1.82. The summed E-state index contributed by atoms with van der Waals surface area (Å²) in [5.41, 5.74) is 11.2. The van der Waals surface area contributed by atoms with Gasteiger partial charge in [-0.15, -0.1) is 0 Å². The summed E-state index contributed by atoms with van der Waals surface area (Å²) in [5.74, 6) is 1.42. The molecule has 0 heteroatoms. The van der Waals surface area contributed by atoms with Crippen molar-refractivity contribution in [3.63, 3.8) is 0 Å². The molecule has 0 spiro atoms. The van der Waals surface area contributed by atoms with E-state index in [0.29, 0.717) is 0 Å². The number of aryl methyl sites for hydroxylation is 1. The second-order valence-corrected chi connectivity index (χ2v) is 5.85. The Morgan fingerprint density at radius 2 is 1.20 bits per heavy atom. The highest BCUT2D eigenvalue weighted by atomic mass is 14.3. The van der Waals surface area contributed by atoms with E-state index in [-0.39, 0.29) is 0 Å². The SMILES string of the molecule is C[C]1C(C)=C(C)c2c1cccc2-c1cccc(C)c1C. The first-order valence-corrected chi connectivity index (χ1v) is 7.24. The van der Waals surface area contributed by atoms with Gasteiger partial charge < -0.3 is 0 Å². The number of hydrogen-bond acceptors (Lipinski definition) is 0. The number of hydrogen-bond donors (Lipinski definition) is 0. The van der Waals surface area contributed by atoms with Crippen LogP contribution in [0.1, 0.15) is 43.0 Å². The third-order valence-electron chi connectivity index (χ3n) is 4.86. The lowest BCUT2D eigenvalue weighted by Gasteiger charge is -2.15. The van der Waals surface area contributed by atoms with Gasteiger partial charge in [0.15, 0.2) is 0 Å². The van der Waals surface area contributed by atoms with Crippen molar-refractivity contribution in [1.29, 1.82) is 0 Å². The van der Waals surface area contributed by atoms with Crippen molar-refractivity contribution in [3.05, 3.63) is 70.1 Å². The van der Waals surface area contributed by atoms with Gasteiger partial charge in [-0.3, -0.25) is 0 Å². The molecule has 0 nitrogen and oxygen atoms in total. The van der Waals surface area contributed by atoms with Crippen LogP contribution >= 0.6 is 0 Å². The van der Waals surface area contributed by atoms with E-state index in [1.807, 2.05) is 0 Å². The summed E-state index contributed by atoms with van der Waals surface area (Å²) in [6.07, 6.45) is 0. The van der Waals surface area contributed by atoms with E-state index >= 15 is 0 Å². The number of benzene rings is 2. The van der Waals surface area contributed by atoms with Gasteiger partial charge in [-0.2, -0.15) is 0 Å². The van der Waals surface area contributed by atoms with Gasteiger partial charge >= 0.3 is 0 Å². The van der Waals surface area contributed by atoms with Gasteiger partial charge in [0.05, 0.1) is 0 Å². The molecule has 3 rings (SSSR count). The van der Waals surface area contributed by atoms with Crippen LogP contribution in [0.3, 0.4) is 0 Å². The Kier molecular flexibility index (Phi) is 3.05. The van der Waals surface area contributed by atoms with E-state index in [1.165, 1.54) is 50.4 Å². The Morgan fingerprint density at radius 1 is 0.600 bits per heavy atom. The molecule has 0 saturated carbocycles. The van der Waals surface area contributed by atoms with Crippen LogP contribution < -0.4 is 0 Å². The average Bonchev–Trinajstić information content (AvgIpc) is 2.67. The maximum atomic E-state index is 2.26. The number of fused-ring (bicyclic) bond motifs is 1. The summed E-state index contributed by atoms with van der Waals surface area (Å²) in [7, 11) is 0. The van der Waals surface area contributed by atoms with Crippen molar-refractivity contribution in [3.8, 4) is 11.1 Å². The van der Waals surface area contributed by atoms with Crippen LogP contribution in [0.25, 0.3) is 16.7 Å². The monoisotopic (exact) mass is 261 g/mol. The minimum atomic E-state index is 1.36. The molecule has 0 fully saturated rings. The quantitative estimate of drug-likeness (QED) is 0.616. The zero-order valence-corrected chi connectivity index (χ0v) is 13.0. The lowest BCUT2D eigenvalue weighted by atomic mass is 9.89. The summed E-state index contributed by atoms with van der Waals surface area (Å²) in [6, 6.07) is 13.3. The molecular formula is C20H21. The molecule has 0 atom stereocenters. The summed E-state index contributed by atoms with van der Waals surface area (Å²) < 4.78 is 0. The van der Waals surface area contributed by atoms with Gasteiger partial charge in [-0.05, 0) is 66.6 Å². The van der Waals surface area contributed by atoms with Gasteiger partial charge in [0.25, 0.3) is 0 Å². The summed E-state index contributed by atoms with van der Waals surface area (Å²) in [6.45, 7) is 11.1. The Bertz CT molecular complexity index is 717. The average molecular weight is 261 g/mol. The minimum absolute atomic E-state index is 1.36. The third-order valence-corrected chi connectivity index (χ3v) is 4.86. The van der Waals surface area contributed by atoms with E-state index in [9.17, 15) is 0 Å². The topological polar surface area (TPSA) is 0 Å². The van der Waals surface area contributed by atoms with E-state index in [2.05, 4.69) is 71.0 Å². The van der Waals surface area contributed by atoms with Crippen molar-refractivity contribution < 1.29 is 0 Å². The van der Waals surface area contributed by atoms with Gasteiger partial charge in [0.2, 0.25) is 0 Å². The van der Waals surface area contributed by atoms with Crippen LogP contribution in [0.5, 0.6) is 0 Å². The van der Waals surface area contributed by atoms with Crippen molar-refractivity contribution in [2.24, 2.45) is 0 Å². The molecule has 1 radical (unpaired) electrons. The van der Waals surface area contributed by atoms with E-state index in [0.717, 1.165) is 0 Å². The van der Waals surface area contributed by atoms with Gasteiger partial charge in [0, 0.05) is 5.92 Å². The maximum absolute atomic E-state index is 2.26. The molecule has 0 amide bonds. The summed E-state index contributed by atoms with van der Waals surface area (Å²) >= 11 is 0. The standard InChI is InChI=1S/C20H21/c1-12-8-6-9-17(13(12)2)19-11-7-10-18-15(4)14(3)16(5)20(18)19/h6-11H,1-5H3. The molecule has 0 aliphatic heterocycles. The molecule has 0 aromatic heterocycles. The molecule has 20 heavy (non-hydrogen) atoms. The number of allylic oxidation sites excluding steroid dienone is 2. The summed E-state index contributed by atoms with van der Waals surface area (Å²) in [5, 5.41) is 0. The zero-order chi connectivity index (χ0) is 14.4. The zero-order valence-electron chi connectivity index (χ0n) is 13.0. The largest absolute Gasteiger partial charge is 0.0614 e. The first kappa shape index (κ1) is 13.2. The van der Waals surface area contributed by atoms with Crippen LogP contribution in [0, 0.1) is 19.8 Å². The highest BCUT2D eigenvalue weighted by Crippen LogP contribution is 2.45. The molecule has 2 aromatic rings. The lowest BCUT2D eigenvalue weighted by Crippen LogP contribution is -1.95. The summed E-state index contributed by atoms with van der Waals surface area (Å²) in [4.78, 5) is 0. The smallest absolute Gasteiger partial charge is 0.0274 e. The number of rotatable bonds is 1. The lowest BCUT2D eigenvalue weighted by molar-refractivity contribution is 1.19. The van der Waals surface area contributed by atoms with Crippen LogP contribution in [0.2, 0.25) is 0 Å². The second-order valence-electron chi connectivity index (χ2n) is 5.85. The van der Waals surface area contributed by atoms with E-state index in [1.54, 1.807) is 0 Å². The Balaban J connectivity index is 2.31. The highest BCUT2D eigenvalue weighted by Gasteiger charge is 2.26. The van der Waals surface area contributed by atoms with Crippen LogP contribution in [-0.2, 0) is 0 Å². The van der Waals surface area contributed by atoms with Gasteiger partial charge in [0.1, 0.15) is 0 Å². The van der Waals surface area contributed by atoms with Crippen molar-refractivity contribution in [2.75, 3.05) is 0 Å². The molecule has 0 bridgehead atoms.